The van der Waals surface area contributed by atoms with E-state index in [1.807, 2.05) is 20.8 Å². The second-order valence-electron chi connectivity index (χ2n) is 6.02. The monoisotopic (exact) mass is 298 g/mol. The number of benzene rings is 1. The lowest BCUT2D eigenvalue weighted by Gasteiger charge is -2.35. The Kier molecular flexibility index (Phi) is 4.52. The number of aryl methyl sites for hydroxylation is 1. The topological polar surface area (TPSA) is 52.6 Å². The van der Waals surface area contributed by atoms with Gasteiger partial charge in [-0.05, 0) is 51.7 Å². The summed E-state index contributed by atoms with van der Waals surface area (Å²) in [5.74, 6) is 0.221. The van der Waals surface area contributed by atoms with Crippen LogP contribution in [0.3, 0.4) is 0 Å². The summed E-state index contributed by atoms with van der Waals surface area (Å²) in [7, 11) is -3.65. The lowest BCUT2D eigenvalue weighted by atomic mass is 9.89. The van der Waals surface area contributed by atoms with E-state index in [9.17, 15) is 8.42 Å². The maximum Gasteiger partial charge on any atom is 0.296 e. The average molecular weight is 298 g/mol. The number of hydrogen-bond donors (Lipinski definition) is 0. The van der Waals surface area contributed by atoms with Crippen molar-refractivity contribution in [3.05, 3.63) is 29.8 Å². The lowest BCUT2D eigenvalue weighted by Crippen LogP contribution is -2.35. The van der Waals surface area contributed by atoms with Crippen molar-refractivity contribution < 1.29 is 17.3 Å². The molecule has 4 nitrogen and oxygen atoms in total. The molecule has 1 aromatic rings. The Morgan fingerprint density at radius 2 is 1.95 bits per heavy atom. The molecule has 1 heterocycles. The van der Waals surface area contributed by atoms with E-state index in [1.165, 1.54) is 0 Å². The summed E-state index contributed by atoms with van der Waals surface area (Å²) in [6.45, 7) is 6.84. The van der Waals surface area contributed by atoms with Crippen LogP contribution in [0.15, 0.2) is 29.2 Å². The van der Waals surface area contributed by atoms with E-state index in [2.05, 4.69) is 0 Å². The second-order valence-corrected chi connectivity index (χ2v) is 7.63. The largest absolute Gasteiger partial charge is 0.376 e. The molecule has 0 N–H and O–H groups in total. The van der Waals surface area contributed by atoms with Crippen LogP contribution >= 0.6 is 0 Å². The van der Waals surface area contributed by atoms with Crippen molar-refractivity contribution in [3.63, 3.8) is 0 Å². The molecule has 1 saturated heterocycles. The normalized spacial score (nSPS) is 22.6. The molecule has 1 aromatic carbocycles. The molecular weight excluding hydrogens is 276 g/mol. The summed E-state index contributed by atoms with van der Waals surface area (Å²) in [5, 5.41) is 0. The van der Waals surface area contributed by atoms with E-state index < -0.39 is 10.1 Å². The fourth-order valence-electron chi connectivity index (χ4n) is 2.46. The van der Waals surface area contributed by atoms with Crippen LogP contribution in [0.4, 0.5) is 0 Å². The van der Waals surface area contributed by atoms with Gasteiger partial charge in [0.2, 0.25) is 0 Å². The van der Waals surface area contributed by atoms with Crippen molar-refractivity contribution in [1.82, 2.24) is 0 Å². The van der Waals surface area contributed by atoms with Crippen molar-refractivity contribution in [2.75, 3.05) is 13.2 Å². The quantitative estimate of drug-likeness (QED) is 0.802. The van der Waals surface area contributed by atoms with Crippen LogP contribution in [0.2, 0.25) is 0 Å². The number of ether oxygens (including phenoxy) is 1. The minimum Gasteiger partial charge on any atom is -0.376 e. The summed E-state index contributed by atoms with van der Waals surface area (Å²) >= 11 is 0. The van der Waals surface area contributed by atoms with Crippen molar-refractivity contribution in [3.8, 4) is 0 Å². The van der Waals surface area contributed by atoms with Gasteiger partial charge in [-0.2, -0.15) is 8.42 Å². The van der Waals surface area contributed by atoms with Crippen LogP contribution in [0, 0.1) is 12.8 Å². The molecule has 0 radical (unpaired) electrons. The minimum atomic E-state index is -3.65. The molecule has 112 valence electrons. The van der Waals surface area contributed by atoms with E-state index in [-0.39, 0.29) is 23.0 Å². The molecule has 0 spiro atoms. The highest BCUT2D eigenvalue weighted by Gasteiger charge is 2.30. The van der Waals surface area contributed by atoms with Gasteiger partial charge in [0, 0.05) is 6.61 Å². The highest BCUT2D eigenvalue weighted by atomic mass is 32.2. The molecule has 2 rings (SSSR count). The second kappa shape index (κ2) is 5.84. The molecule has 1 aliphatic rings. The van der Waals surface area contributed by atoms with Gasteiger partial charge in [-0.15, -0.1) is 0 Å². The van der Waals surface area contributed by atoms with Crippen LogP contribution in [0.1, 0.15) is 32.3 Å². The average Bonchev–Trinajstić information content (AvgIpc) is 2.36. The SMILES string of the molecule is Cc1ccc(S(=O)(=O)OC[C@@H]2CCOC(C)(C)C2)cc1. The first-order valence-corrected chi connectivity index (χ1v) is 8.29. The molecule has 0 saturated carbocycles. The van der Waals surface area contributed by atoms with Crippen LogP contribution in [0.25, 0.3) is 0 Å². The molecule has 5 heteroatoms. The smallest absolute Gasteiger partial charge is 0.296 e. The molecule has 1 aliphatic heterocycles. The predicted octanol–water partition coefficient (Wildman–Crippen LogP) is 2.91. The van der Waals surface area contributed by atoms with Crippen LogP contribution in [-0.2, 0) is 19.0 Å². The Balaban J connectivity index is 1.97. The van der Waals surface area contributed by atoms with Crippen LogP contribution < -0.4 is 0 Å². The molecule has 20 heavy (non-hydrogen) atoms. The minimum absolute atomic E-state index is 0.195. The van der Waals surface area contributed by atoms with Crippen LogP contribution in [0.5, 0.6) is 0 Å². The molecule has 0 bridgehead atoms. The molecule has 0 aliphatic carbocycles. The van der Waals surface area contributed by atoms with Gasteiger partial charge in [0.05, 0.1) is 17.1 Å². The third-order valence-corrected chi connectivity index (χ3v) is 4.86. The molecule has 0 aromatic heterocycles. The predicted molar refractivity (Wildman–Crippen MR) is 77.1 cm³/mol. The molecule has 1 fully saturated rings. The molecular formula is C15H22O4S. The van der Waals surface area contributed by atoms with Gasteiger partial charge in [-0.25, -0.2) is 0 Å². The first-order chi connectivity index (χ1) is 9.28. The maximum atomic E-state index is 12.1. The Morgan fingerprint density at radius 3 is 2.55 bits per heavy atom. The lowest BCUT2D eigenvalue weighted by molar-refractivity contribution is -0.0782. The van der Waals surface area contributed by atoms with E-state index in [0.717, 1.165) is 18.4 Å². The highest BCUT2D eigenvalue weighted by Crippen LogP contribution is 2.29. The van der Waals surface area contributed by atoms with Crippen molar-refractivity contribution in [2.45, 2.75) is 44.1 Å². The highest BCUT2D eigenvalue weighted by molar-refractivity contribution is 7.86. The standard InChI is InChI=1S/C15H22O4S/c1-12-4-6-14(7-5-12)20(16,17)19-11-13-8-9-18-15(2,3)10-13/h4-7,13H,8-11H2,1-3H3/t13-/m1/s1. The number of rotatable bonds is 4. The van der Waals surface area contributed by atoms with Crippen molar-refractivity contribution in [1.29, 1.82) is 0 Å². The van der Waals surface area contributed by atoms with Gasteiger partial charge >= 0.3 is 0 Å². The number of hydrogen-bond acceptors (Lipinski definition) is 4. The van der Waals surface area contributed by atoms with Gasteiger partial charge in [-0.3, -0.25) is 4.18 Å². The molecule has 0 unspecified atom stereocenters. The fourth-order valence-corrected chi connectivity index (χ4v) is 3.44. The van der Waals surface area contributed by atoms with E-state index in [1.54, 1.807) is 24.3 Å². The third kappa shape index (κ3) is 4.04. The Morgan fingerprint density at radius 1 is 1.30 bits per heavy atom. The van der Waals surface area contributed by atoms with E-state index >= 15 is 0 Å². The summed E-state index contributed by atoms with van der Waals surface area (Å²) < 4.78 is 35.0. The zero-order valence-electron chi connectivity index (χ0n) is 12.3. The third-order valence-electron chi connectivity index (χ3n) is 3.57. The van der Waals surface area contributed by atoms with E-state index in [0.29, 0.717) is 6.61 Å². The van der Waals surface area contributed by atoms with Crippen molar-refractivity contribution in [2.24, 2.45) is 5.92 Å². The fraction of sp³-hybridized carbons (Fsp3) is 0.600. The summed E-state index contributed by atoms with van der Waals surface area (Å²) in [5.41, 5.74) is 0.829. The summed E-state index contributed by atoms with van der Waals surface area (Å²) in [6.07, 6.45) is 1.66. The Hall–Kier alpha value is -0.910. The van der Waals surface area contributed by atoms with Crippen LogP contribution in [-0.4, -0.2) is 27.2 Å². The zero-order chi connectivity index (χ0) is 14.8. The van der Waals surface area contributed by atoms with Gasteiger partial charge in [0.25, 0.3) is 10.1 Å². The van der Waals surface area contributed by atoms with Gasteiger partial charge in [-0.1, -0.05) is 17.7 Å². The first kappa shape index (κ1) is 15.5. The Bertz CT molecular complexity index is 546. The summed E-state index contributed by atoms with van der Waals surface area (Å²) in [6, 6.07) is 6.71. The van der Waals surface area contributed by atoms with Gasteiger partial charge < -0.3 is 4.74 Å². The first-order valence-electron chi connectivity index (χ1n) is 6.89. The van der Waals surface area contributed by atoms with E-state index in [4.69, 9.17) is 8.92 Å². The van der Waals surface area contributed by atoms with Gasteiger partial charge in [0.15, 0.2) is 0 Å². The summed E-state index contributed by atoms with van der Waals surface area (Å²) in [4.78, 5) is 0.217. The maximum absolute atomic E-state index is 12.1. The Labute approximate surface area is 121 Å². The van der Waals surface area contributed by atoms with Gasteiger partial charge in [0.1, 0.15) is 0 Å². The molecule has 1 atom stereocenters. The van der Waals surface area contributed by atoms with Crippen molar-refractivity contribution >= 4 is 10.1 Å². The zero-order valence-corrected chi connectivity index (χ0v) is 13.1. The molecule has 0 amide bonds.